The molecule has 0 atom stereocenters. The van der Waals surface area contributed by atoms with E-state index in [1.54, 1.807) is 0 Å². The molecule has 1 aromatic carbocycles. The molecule has 1 heteroatoms. The van der Waals surface area contributed by atoms with Crippen molar-refractivity contribution in [2.24, 2.45) is 5.41 Å². The Morgan fingerprint density at radius 2 is 1.59 bits per heavy atom. The molecule has 0 saturated heterocycles. The van der Waals surface area contributed by atoms with Crippen LogP contribution >= 0.6 is 0 Å². The van der Waals surface area contributed by atoms with E-state index in [1.807, 2.05) is 0 Å². The van der Waals surface area contributed by atoms with Crippen molar-refractivity contribution in [1.82, 2.24) is 0 Å². The van der Waals surface area contributed by atoms with Crippen LogP contribution in [0.4, 0.5) is 0 Å². The molecule has 0 amide bonds. The molecular weight excluding hydrogens is 208 g/mol. The van der Waals surface area contributed by atoms with Crippen LogP contribution in [0.15, 0.2) is 18.2 Å². The molecule has 0 heterocycles. The van der Waals surface area contributed by atoms with Gasteiger partial charge in [-0.05, 0) is 44.2 Å². The van der Waals surface area contributed by atoms with E-state index in [2.05, 4.69) is 66.7 Å². The Hall–Kier alpha value is -0.820. The van der Waals surface area contributed by atoms with E-state index in [1.165, 1.54) is 16.7 Å². The second-order valence-corrected chi connectivity index (χ2v) is 6.48. The van der Waals surface area contributed by atoms with E-state index in [4.69, 9.17) is 4.74 Å². The predicted molar refractivity (Wildman–Crippen MR) is 74.2 cm³/mol. The smallest absolute Gasteiger partial charge is 0.0727 e. The van der Waals surface area contributed by atoms with Gasteiger partial charge in [-0.15, -0.1) is 0 Å². The highest BCUT2D eigenvalue weighted by atomic mass is 16.5. The van der Waals surface area contributed by atoms with Gasteiger partial charge in [0.2, 0.25) is 0 Å². The monoisotopic (exact) mass is 234 g/mol. The van der Waals surface area contributed by atoms with Crippen LogP contribution in [0.25, 0.3) is 0 Å². The molecule has 0 N–H and O–H groups in total. The van der Waals surface area contributed by atoms with Crippen molar-refractivity contribution in [2.45, 2.75) is 60.7 Å². The van der Waals surface area contributed by atoms with Crippen LogP contribution in [0, 0.1) is 19.3 Å². The molecule has 0 saturated carbocycles. The van der Waals surface area contributed by atoms with Gasteiger partial charge in [0.1, 0.15) is 0 Å². The van der Waals surface area contributed by atoms with Crippen LogP contribution in [0.2, 0.25) is 0 Å². The van der Waals surface area contributed by atoms with Gasteiger partial charge in [-0.1, -0.05) is 44.5 Å². The van der Waals surface area contributed by atoms with Gasteiger partial charge in [0.05, 0.1) is 12.2 Å². The summed E-state index contributed by atoms with van der Waals surface area (Å²) < 4.78 is 6.12. The highest BCUT2D eigenvalue weighted by Crippen LogP contribution is 2.33. The third-order valence-corrected chi connectivity index (χ3v) is 3.90. The summed E-state index contributed by atoms with van der Waals surface area (Å²) in [4.78, 5) is 0. The molecule has 1 nitrogen and oxygen atoms in total. The molecular formula is C16H26O. The number of aryl methyl sites for hydroxylation is 2. The van der Waals surface area contributed by atoms with Gasteiger partial charge in [-0.25, -0.2) is 0 Å². The normalized spacial score (nSPS) is 12.9. The summed E-state index contributed by atoms with van der Waals surface area (Å²) in [6, 6.07) is 6.53. The maximum atomic E-state index is 6.12. The zero-order valence-corrected chi connectivity index (χ0v) is 12.3. The zero-order chi connectivity index (χ0) is 13.3. The van der Waals surface area contributed by atoms with E-state index in [0.29, 0.717) is 6.61 Å². The number of rotatable bonds is 3. The van der Waals surface area contributed by atoms with E-state index in [9.17, 15) is 0 Å². The van der Waals surface area contributed by atoms with E-state index in [-0.39, 0.29) is 11.0 Å². The van der Waals surface area contributed by atoms with Crippen LogP contribution in [0.5, 0.6) is 0 Å². The third-order valence-electron chi connectivity index (χ3n) is 3.90. The summed E-state index contributed by atoms with van der Waals surface area (Å²) in [6.45, 7) is 15.9. The fraction of sp³-hybridized carbons (Fsp3) is 0.625. The first-order valence-electron chi connectivity index (χ1n) is 6.33. The summed E-state index contributed by atoms with van der Waals surface area (Å²) in [5.41, 5.74) is 3.92. The second kappa shape index (κ2) is 4.81. The Morgan fingerprint density at radius 3 is 2.12 bits per heavy atom. The Balaban J connectivity index is 2.77. The first kappa shape index (κ1) is 14.2. The topological polar surface area (TPSA) is 9.23 Å². The first-order valence-corrected chi connectivity index (χ1v) is 6.33. The fourth-order valence-electron chi connectivity index (χ4n) is 1.43. The molecule has 0 fully saturated rings. The van der Waals surface area contributed by atoms with Crippen molar-refractivity contribution in [3.63, 3.8) is 0 Å². The summed E-state index contributed by atoms with van der Waals surface area (Å²) in [6.07, 6.45) is 0. The quantitative estimate of drug-likeness (QED) is 0.740. The molecule has 0 spiro atoms. The van der Waals surface area contributed by atoms with Crippen molar-refractivity contribution in [1.29, 1.82) is 0 Å². The lowest BCUT2D eigenvalue weighted by atomic mass is 9.79. The van der Waals surface area contributed by atoms with E-state index in [0.717, 1.165) is 0 Å². The lowest BCUT2D eigenvalue weighted by Gasteiger charge is -2.38. The largest absolute Gasteiger partial charge is 0.370 e. The molecule has 0 bridgehead atoms. The Kier molecular flexibility index (Phi) is 4.03. The Bertz CT molecular complexity index is 383. The average Bonchev–Trinajstić information content (AvgIpc) is 2.18. The molecule has 0 aliphatic heterocycles. The minimum atomic E-state index is -0.122. The molecule has 0 aliphatic rings. The van der Waals surface area contributed by atoms with Gasteiger partial charge in [-0.2, -0.15) is 0 Å². The van der Waals surface area contributed by atoms with Crippen molar-refractivity contribution in [3.8, 4) is 0 Å². The Labute approximate surface area is 106 Å². The fourth-order valence-corrected chi connectivity index (χ4v) is 1.43. The molecule has 0 aromatic heterocycles. The van der Waals surface area contributed by atoms with Crippen LogP contribution in [0.3, 0.4) is 0 Å². The summed E-state index contributed by atoms with van der Waals surface area (Å²) in [7, 11) is 0. The predicted octanol–water partition coefficient (Wildman–Crippen LogP) is 4.64. The van der Waals surface area contributed by atoms with Gasteiger partial charge in [-0.3, -0.25) is 0 Å². The highest BCUT2D eigenvalue weighted by molar-refractivity contribution is 5.29. The molecule has 1 rings (SSSR count). The average molecular weight is 234 g/mol. The van der Waals surface area contributed by atoms with Crippen LogP contribution in [0.1, 0.15) is 51.3 Å². The number of ether oxygens (including phenoxy) is 1. The van der Waals surface area contributed by atoms with Gasteiger partial charge in [0.15, 0.2) is 0 Å². The second-order valence-electron chi connectivity index (χ2n) is 6.48. The van der Waals surface area contributed by atoms with Gasteiger partial charge < -0.3 is 4.74 Å². The summed E-state index contributed by atoms with van der Waals surface area (Å²) >= 11 is 0. The number of hydrogen-bond acceptors (Lipinski definition) is 1. The van der Waals surface area contributed by atoms with Gasteiger partial charge in [0.25, 0.3) is 0 Å². The molecule has 96 valence electrons. The van der Waals surface area contributed by atoms with Crippen LogP contribution in [-0.2, 0) is 11.3 Å². The molecule has 0 aliphatic carbocycles. The van der Waals surface area contributed by atoms with Crippen molar-refractivity contribution < 1.29 is 4.74 Å². The molecule has 0 unspecified atom stereocenters. The molecule has 17 heavy (non-hydrogen) atoms. The zero-order valence-electron chi connectivity index (χ0n) is 12.3. The minimum absolute atomic E-state index is 0.122. The minimum Gasteiger partial charge on any atom is -0.370 e. The van der Waals surface area contributed by atoms with Crippen molar-refractivity contribution in [3.05, 3.63) is 34.9 Å². The lowest BCUT2D eigenvalue weighted by Crippen LogP contribution is -2.39. The Morgan fingerprint density at radius 1 is 1.00 bits per heavy atom. The van der Waals surface area contributed by atoms with E-state index >= 15 is 0 Å². The van der Waals surface area contributed by atoms with Crippen LogP contribution < -0.4 is 0 Å². The number of hydrogen-bond donors (Lipinski definition) is 0. The molecule has 1 aromatic rings. The molecule has 0 radical (unpaired) electrons. The van der Waals surface area contributed by atoms with Crippen molar-refractivity contribution in [2.75, 3.05) is 0 Å². The third kappa shape index (κ3) is 3.57. The van der Waals surface area contributed by atoms with E-state index < -0.39 is 0 Å². The van der Waals surface area contributed by atoms with Gasteiger partial charge >= 0.3 is 0 Å². The summed E-state index contributed by atoms with van der Waals surface area (Å²) in [5, 5.41) is 0. The lowest BCUT2D eigenvalue weighted by molar-refractivity contribution is -0.0998. The SMILES string of the molecule is Cc1ccc(C)c(COC(C)(C)C(C)(C)C)c1. The maximum absolute atomic E-state index is 6.12. The number of benzene rings is 1. The maximum Gasteiger partial charge on any atom is 0.0727 e. The van der Waals surface area contributed by atoms with Crippen molar-refractivity contribution >= 4 is 0 Å². The van der Waals surface area contributed by atoms with Gasteiger partial charge in [0, 0.05) is 0 Å². The highest BCUT2D eigenvalue weighted by Gasteiger charge is 2.33. The first-order chi connectivity index (χ1) is 7.63. The summed E-state index contributed by atoms with van der Waals surface area (Å²) in [5.74, 6) is 0. The van der Waals surface area contributed by atoms with Crippen LogP contribution in [-0.4, -0.2) is 5.60 Å². The standard InChI is InChI=1S/C16H26O/c1-12-8-9-13(2)14(10-12)11-17-16(6,7)15(3,4)5/h8-10H,11H2,1-7H3.